The van der Waals surface area contributed by atoms with Crippen LogP contribution < -0.4 is 5.32 Å². The maximum Gasteiger partial charge on any atom is 0.338 e. The molecule has 1 saturated heterocycles. The Kier molecular flexibility index (Phi) is 10.6. The van der Waals surface area contributed by atoms with E-state index in [1.807, 2.05) is 0 Å². The number of hydrogen-bond donors (Lipinski definition) is 6. The summed E-state index contributed by atoms with van der Waals surface area (Å²) in [5, 5.41) is 63.1. The van der Waals surface area contributed by atoms with Crippen LogP contribution in [0.3, 0.4) is 0 Å². The number of aliphatic hydroxyl groups excluding tert-OH is 4. The molecule has 5 rings (SSSR count). The van der Waals surface area contributed by atoms with Gasteiger partial charge in [-0.05, 0) is 44.1 Å². The second-order valence-corrected chi connectivity index (χ2v) is 15.7. The Morgan fingerprint density at radius 2 is 1.63 bits per heavy atom. The monoisotopic (exact) mass is 729 g/mol. The Balaban J connectivity index is 1.72. The first-order valence-corrected chi connectivity index (χ1v) is 17.5. The van der Waals surface area contributed by atoms with Crippen LogP contribution in [0.25, 0.3) is 0 Å². The van der Waals surface area contributed by atoms with Crippen molar-refractivity contribution in [3.8, 4) is 0 Å². The summed E-state index contributed by atoms with van der Waals surface area (Å²) in [6, 6.07) is 6.79. The van der Waals surface area contributed by atoms with Gasteiger partial charge in [-0.2, -0.15) is 0 Å². The van der Waals surface area contributed by atoms with E-state index >= 15 is 0 Å². The number of allylic oxidation sites excluding steroid dienone is 1. The molecular weight excluding hydrogens is 678 g/mol. The Morgan fingerprint density at radius 1 is 1.00 bits per heavy atom. The zero-order chi connectivity index (χ0) is 38.7. The van der Waals surface area contributed by atoms with Crippen LogP contribution >= 0.6 is 0 Å². The average molecular weight is 730 g/mol. The SMILES string of the molecule is CC(=O)NC(C=C(C)C)C(O)C(=O)OC1CC2(O)C(OC(=O)c3ccccc3)C3C4(OC(C)=O)COC4CC(O)[C@@]3(C)C(O)C(O)C(=C1C)C2(C)C. The van der Waals surface area contributed by atoms with Gasteiger partial charge in [0.05, 0.1) is 36.3 Å². The number of rotatable bonds is 8. The molecule has 0 aromatic heterocycles. The Labute approximate surface area is 302 Å². The lowest BCUT2D eigenvalue weighted by atomic mass is 9.44. The summed E-state index contributed by atoms with van der Waals surface area (Å²) in [5.41, 5.74) is -6.12. The molecule has 4 aliphatic rings. The lowest BCUT2D eigenvalue weighted by molar-refractivity contribution is -0.365. The quantitative estimate of drug-likeness (QED) is 0.126. The fraction of sp³-hybridized carbons (Fsp3) is 0.632. The minimum atomic E-state index is -2.27. The number of benzene rings is 1. The smallest absolute Gasteiger partial charge is 0.338 e. The first-order chi connectivity index (χ1) is 24.1. The Bertz CT molecular complexity index is 1650. The molecule has 1 aromatic rings. The van der Waals surface area contributed by atoms with Gasteiger partial charge in [-0.3, -0.25) is 9.59 Å². The van der Waals surface area contributed by atoms with Crippen LogP contribution in [0.15, 0.2) is 53.1 Å². The molecule has 1 aliphatic heterocycles. The largest absolute Gasteiger partial charge is 0.456 e. The normalized spacial score (nSPS) is 37.3. The van der Waals surface area contributed by atoms with Gasteiger partial charge >= 0.3 is 17.9 Å². The third-order valence-electron chi connectivity index (χ3n) is 11.9. The molecule has 14 heteroatoms. The highest BCUT2D eigenvalue weighted by molar-refractivity contribution is 5.89. The molecule has 6 N–H and O–H groups in total. The highest BCUT2D eigenvalue weighted by atomic mass is 16.6. The van der Waals surface area contributed by atoms with Gasteiger partial charge in [0.15, 0.2) is 11.7 Å². The number of hydrogen-bond acceptors (Lipinski definition) is 13. The lowest BCUT2D eigenvalue weighted by Gasteiger charge is -2.69. The van der Waals surface area contributed by atoms with E-state index in [-0.39, 0.29) is 29.7 Å². The van der Waals surface area contributed by atoms with Gasteiger partial charge in [-0.1, -0.05) is 50.6 Å². The first-order valence-electron chi connectivity index (χ1n) is 17.5. The van der Waals surface area contributed by atoms with E-state index in [4.69, 9.17) is 18.9 Å². The molecule has 3 aliphatic carbocycles. The first kappa shape index (κ1) is 39.5. The molecule has 286 valence electrons. The lowest BCUT2D eigenvalue weighted by Crippen LogP contribution is -2.82. The number of carbonyl (C=O) groups excluding carboxylic acids is 4. The van der Waals surface area contributed by atoms with Crippen LogP contribution in [0.2, 0.25) is 0 Å². The molecule has 52 heavy (non-hydrogen) atoms. The number of amides is 1. The number of esters is 3. The number of aliphatic hydroxyl groups is 5. The van der Waals surface area contributed by atoms with Crippen molar-refractivity contribution in [2.24, 2.45) is 16.7 Å². The fourth-order valence-corrected chi connectivity index (χ4v) is 9.16. The molecule has 1 aromatic carbocycles. The zero-order valence-corrected chi connectivity index (χ0v) is 30.8. The molecule has 1 amide bonds. The third-order valence-corrected chi connectivity index (χ3v) is 11.9. The molecule has 14 nitrogen and oxygen atoms in total. The van der Waals surface area contributed by atoms with E-state index in [0.717, 1.165) is 0 Å². The summed E-state index contributed by atoms with van der Waals surface area (Å²) in [4.78, 5) is 52.3. The van der Waals surface area contributed by atoms with Crippen LogP contribution in [-0.2, 0) is 33.3 Å². The predicted molar refractivity (Wildman–Crippen MR) is 183 cm³/mol. The number of nitrogens with one attached hydrogen (secondary N) is 1. The van der Waals surface area contributed by atoms with Gasteiger partial charge < -0.3 is 49.8 Å². The molecule has 12 atom stereocenters. The Morgan fingerprint density at radius 3 is 2.17 bits per heavy atom. The standard InChI is InChI=1S/C38H51NO13/c1-18(2)14-23(39-20(4)40)28(43)34(47)50-24-16-38(48)32(51-33(46)22-12-10-9-11-13-22)30-36(8,31(45)29(44)27(19(24)3)35(38,6)7)25(42)15-26-37(30,17-49-26)52-21(5)41/h9-14,23-26,28-32,42-45,48H,15-17H2,1-8H3,(H,39,40)/t23?,24?,25?,26?,28?,29?,30?,31?,32?,36-,37?,38?/m1/s1. The molecule has 0 spiro atoms. The second kappa shape index (κ2) is 14.0. The average Bonchev–Trinajstić information content (AvgIpc) is 3.05. The van der Waals surface area contributed by atoms with Gasteiger partial charge in [-0.15, -0.1) is 0 Å². The fourth-order valence-electron chi connectivity index (χ4n) is 9.16. The van der Waals surface area contributed by atoms with Gasteiger partial charge in [-0.25, -0.2) is 9.59 Å². The topological polar surface area (TPSA) is 218 Å². The van der Waals surface area contributed by atoms with Crippen LogP contribution in [-0.4, -0.2) is 116 Å². The van der Waals surface area contributed by atoms with Crippen molar-refractivity contribution in [2.75, 3.05) is 6.61 Å². The van der Waals surface area contributed by atoms with Crippen molar-refractivity contribution >= 4 is 23.8 Å². The van der Waals surface area contributed by atoms with Gasteiger partial charge in [0.2, 0.25) is 5.91 Å². The van der Waals surface area contributed by atoms with E-state index < -0.39 is 107 Å². The van der Waals surface area contributed by atoms with Crippen molar-refractivity contribution in [1.29, 1.82) is 0 Å². The minimum Gasteiger partial charge on any atom is -0.456 e. The van der Waals surface area contributed by atoms with E-state index in [1.54, 1.807) is 52.8 Å². The molecule has 1 heterocycles. The number of fused-ring (bicyclic) bond motifs is 5. The maximum atomic E-state index is 14.0. The number of carbonyl (C=O) groups is 4. The Hall–Kier alpha value is -3.66. The van der Waals surface area contributed by atoms with Crippen molar-refractivity contribution in [3.63, 3.8) is 0 Å². The summed E-state index contributed by atoms with van der Waals surface area (Å²) in [5.74, 6) is -4.67. The van der Waals surface area contributed by atoms with Crippen LogP contribution in [0.4, 0.5) is 0 Å². The van der Waals surface area contributed by atoms with E-state index in [9.17, 15) is 44.7 Å². The number of ether oxygens (including phenoxy) is 4. The van der Waals surface area contributed by atoms with E-state index in [0.29, 0.717) is 5.57 Å². The van der Waals surface area contributed by atoms with Crippen LogP contribution in [0.1, 0.15) is 78.6 Å². The molecule has 2 bridgehead atoms. The molecule has 2 saturated carbocycles. The zero-order valence-electron chi connectivity index (χ0n) is 30.8. The molecule has 11 unspecified atom stereocenters. The third kappa shape index (κ3) is 6.26. The van der Waals surface area contributed by atoms with Crippen molar-refractivity contribution < 1.29 is 63.7 Å². The maximum absolute atomic E-state index is 14.0. The summed E-state index contributed by atoms with van der Waals surface area (Å²) in [6.45, 7) is 11.8. The summed E-state index contributed by atoms with van der Waals surface area (Å²) < 4.78 is 24.0. The summed E-state index contributed by atoms with van der Waals surface area (Å²) in [7, 11) is 0. The van der Waals surface area contributed by atoms with Crippen LogP contribution in [0, 0.1) is 16.7 Å². The summed E-state index contributed by atoms with van der Waals surface area (Å²) >= 11 is 0. The molecular formula is C38H51NO13. The van der Waals surface area contributed by atoms with Gasteiger partial charge in [0.1, 0.15) is 30.0 Å². The highest BCUT2D eigenvalue weighted by Gasteiger charge is 2.77. The summed E-state index contributed by atoms with van der Waals surface area (Å²) in [6.07, 6.45) is -9.96. The van der Waals surface area contributed by atoms with Gasteiger partial charge in [0, 0.05) is 37.5 Å². The van der Waals surface area contributed by atoms with Gasteiger partial charge in [0.25, 0.3) is 0 Å². The minimum absolute atomic E-state index is 0.0601. The molecule has 3 fully saturated rings. The second-order valence-electron chi connectivity index (χ2n) is 15.7. The van der Waals surface area contributed by atoms with Crippen molar-refractivity contribution in [2.45, 2.75) is 128 Å². The van der Waals surface area contributed by atoms with Crippen molar-refractivity contribution in [1.82, 2.24) is 5.32 Å². The van der Waals surface area contributed by atoms with Crippen molar-refractivity contribution in [3.05, 3.63) is 58.7 Å². The van der Waals surface area contributed by atoms with Crippen LogP contribution in [0.5, 0.6) is 0 Å². The van der Waals surface area contributed by atoms with E-state index in [2.05, 4.69) is 5.32 Å². The molecule has 0 radical (unpaired) electrons. The highest BCUT2D eigenvalue weighted by Crippen LogP contribution is 2.65. The predicted octanol–water partition coefficient (Wildman–Crippen LogP) is 1.26. The van der Waals surface area contributed by atoms with E-state index in [1.165, 1.54) is 39.0 Å².